The monoisotopic (exact) mass is 510 g/mol. The molecule has 1 aromatic carbocycles. The Morgan fingerprint density at radius 1 is 1.22 bits per heavy atom. The van der Waals surface area contributed by atoms with E-state index in [4.69, 9.17) is 0 Å². The molecule has 1 saturated carbocycles. The van der Waals surface area contributed by atoms with Crippen LogP contribution in [0.2, 0.25) is 0 Å². The van der Waals surface area contributed by atoms with Crippen molar-refractivity contribution in [3.63, 3.8) is 0 Å². The van der Waals surface area contributed by atoms with Crippen LogP contribution in [0.1, 0.15) is 61.6 Å². The van der Waals surface area contributed by atoms with E-state index in [2.05, 4.69) is 26.7 Å². The summed E-state index contributed by atoms with van der Waals surface area (Å²) in [4.78, 5) is 33.6. The number of piperidine rings is 1. The van der Waals surface area contributed by atoms with Crippen molar-refractivity contribution in [1.82, 2.24) is 14.8 Å². The number of fused-ring (bicyclic) bond motifs is 1. The Bertz CT molecular complexity index is 1250. The van der Waals surface area contributed by atoms with Crippen LogP contribution >= 0.6 is 11.8 Å². The second kappa shape index (κ2) is 10.1. The van der Waals surface area contributed by atoms with E-state index in [0.29, 0.717) is 17.2 Å². The van der Waals surface area contributed by atoms with Crippen LogP contribution < -0.4 is 5.32 Å². The molecule has 1 N–H and O–H groups in total. The van der Waals surface area contributed by atoms with Gasteiger partial charge in [0.1, 0.15) is 5.82 Å². The minimum absolute atomic E-state index is 0.153. The van der Waals surface area contributed by atoms with Crippen LogP contribution in [0.4, 0.5) is 4.39 Å². The van der Waals surface area contributed by atoms with Crippen molar-refractivity contribution in [2.45, 2.75) is 58.5 Å². The SMILES string of the molecule is CSC1=CC(C)=NC(=O)C1CNC(=O)c1c(C)n([C@H](C)C2CCN(C3CC3)CC2)c2cc(F)ccc12. The number of likely N-dealkylation sites (tertiary alicyclic amines) is 1. The van der Waals surface area contributed by atoms with Crippen LogP contribution in [0.25, 0.3) is 10.9 Å². The van der Waals surface area contributed by atoms with Crippen LogP contribution in [0, 0.1) is 24.6 Å². The smallest absolute Gasteiger partial charge is 0.255 e. The highest BCUT2D eigenvalue weighted by atomic mass is 32.2. The molecule has 36 heavy (non-hydrogen) atoms. The van der Waals surface area contributed by atoms with Crippen molar-refractivity contribution < 1.29 is 14.0 Å². The fourth-order valence-corrected chi connectivity index (χ4v) is 6.78. The molecule has 2 amide bonds. The molecule has 1 unspecified atom stereocenters. The molecule has 2 aromatic rings. The van der Waals surface area contributed by atoms with Gasteiger partial charge in [0, 0.05) is 40.3 Å². The molecular weight excluding hydrogens is 475 g/mol. The number of thioether (sulfide) groups is 1. The Hall–Kier alpha value is -2.45. The summed E-state index contributed by atoms with van der Waals surface area (Å²) in [6.07, 6.45) is 8.70. The molecule has 1 aliphatic carbocycles. The first-order valence-corrected chi connectivity index (χ1v) is 14.2. The lowest BCUT2D eigenvalue weighted by atomic mass is 9.89. The van der Waals surface area contributed by atoms with Crippen LogP contribution in [0.15, 0.2) is 34.2 Å². The topological polar surface area (TPSA) is 66.7 Å². The molecule has 3 heterocycles. The van der Waals surface area contributed by atoms with E-state index >= 15 is 0 Å². The number of nitrogens with zero attached hydrogens (tertiary/aromatic N) is 3. The number of rotatable bonds is 7. The Balaban J connectivity index is 1.40. The third-order valence-corrected chi connectivity index (χ3v) is 9.02. The molecule has 192 valence electrons. The number of halogens is 1. The van der Waals surface area contributed by atoms with Gasteiger partial charge >= 0.3 is 0 Å². The van der Waals surface area contributed by atoms with E-state index in [1.807, 2.05) is 19.3 Å². The summed E-state index contributed by atoms with van der Waals surface area (Å²) in [6, 6.07) is 5.61. The lowest BCUT2D eigenvalue weighted by molar-refractivity contribution is -0.120. The van der Waals surface area contributed by atoms with Crippen LogP contribution in [-0.2, 0) is 4.79 Å². The van der Waals surface area contributed by atoms with E-state index in [-0.39, 0.29) is 30.2 Å². The molecule has 5 rings (SSSR count). The molecule has 6 nitrogen and oxygen atoms in total. The summed E-state index contributed by atoms with van der Waals surface area (Å²) in [5.74, 6) is -0.775. The van der Waals surface area contributed by atoms with Gasteiger partial charge in [-0.05, 0) is 96.0 Å². The number of carbonyl (C=O) groups is 2. The van der Waals surface area contributed by atoms with Gasteiger partial charge in [0.25, 0.3) is 11.8 Å². The number of carbonyl (C=O) groups excluding carboxylic acids is 2. The number of dihydropyridines is 1. The van der Waals surface area contributed by atoms with E-state index in [0.717, 1.165) is 53.5 Å². The number of aliphatic imine (C=N–C) groups is 1. The van der Waals surface area contributed by atoms with E-state index < -0.39 is 5.92 Å². The van der Waals surface area contributed by atoms with Gasteiger partial charge in [0.05, 0.1) is 17.0 Å². The molecule has 1 saturated heterocycles. The third kappa shape index (κ3) is 4.77. The summed E-state index contributed by atoms with van der Waals surface area (Å²) < 4.78 is 16.5. The lowest BCUT2D eigenvalue weighted by Crippen LogP contribution is -2.37. The molecule has 8 heteroatoms. The number of nitrogens with one attached hydrogen (secondary N) is 1. The van der Waals surface area contributed by atoms with Crippen molar-refractivity contribution in [1.29, 1.82) is 0 Å². The number of hydrogen-bond acceptors (Lipinski definition) is 4. The van der Waals surface area contributed by atoms with Crippen molar-refractivity contribution in [2.24, 2.45) is 16.8 Å². The van der Waals surface area contributed by atoms with Gasteiger partial charge in [-0.25, -0.2) is 9.38 Å². The standard InChI is InChI=1S/C28H35FN4O2S/c1-16-13-25(36-4)23(27(34)31-16)15-30-28(35)26-18(3)33(24-14-20(29)5-8-22(24)26)17(2)19-9-11-32(12-10-19)21-6-7-21/h5,8,13-14,17,19,21,23H,6-7,9-12,15H2,1-4H3,(H,30,35)/t17-,23?/m1/s1. The first kappa shape index (κ1) is 25.2. The predicted octanol–water partition coefficient (Wildman–Crippen LogP) is 5.12. The van der Waals surface area contributed by atoms with Gasteiger partial charge in [0.2, 0.25) is 0 Å². The van der Waals surface area contributed by atoms with Crippen molar-refractivity contribution in [3.05, 3.63) is 46.3 Å². The second-order valence-corrected chi connectivity index (χ2v) is 11.3. The number of benzene rings is 1. The fraction of sp³-hybridized carbons (Fsp3) is 0.536. The quantitative estimate of drug-likeness (QED) is 0.562. The molecule has 0 radical (unpaired) electrons. The molecule has 2 fully saturated rings. The van der Waals surface area contributed by atoms with Gasteiger partial charge in [-0.1, -0.05) is 0 Å². The normalized spacial score (nSPS) is 22.5. The lowest BCUT2D eigenvalue weighted by Gasteiger charge is -2.36. The number of aromatic nitrogens is 1. The summed E-state index contributed by atoms with van der Waals surface area (Å²) in [5.41, 5.74) is 2.85. The molecule has 2 atom stereocenters. The zero-order valence-corrected chi connectivity index (χ0v) is 22.3. The van der Waals surface area contributed by atoms with Crippen molar-refractivity contribution in [2.75, 3.05) is 25.9 Å². The van der Waals surface area contributed by atoms with Gasteiger partial charge in [-0.15, -0.1) is 11.8 Å². The minimum atomic E-state index is -0.477. The molecule has 0 bridgehead atoms. The van der Waals surface area contributed by atoms with Crippen LogP contribution in [0.5, 0.6) is 0 Å². The first-order valence-electron chi connectivity index (χ1n) is 13.0. The number of amides is 2. The summed E-state index contributed by atoms with van der Waals surface area (Å²) >= 11 is 1.50. The molecule has 3 aliphatic rings. The maximum Gasteiger partial charge on any atom is 0.255 e. The van der Waals surface area contributed by atoms with Gasteiger partial charge in [-0.2, -0.15) is 0 Å². The Labute approximate surface area is 216 Å². The van der Waals surface area contributed by atoms with E-state index in [1.165, 1.54) is 30.7 Å². The van der Waals surface area contributed by atoms with Gasteiger partial charge in [0.15, 0.2) is 0 Å². The van der Waals surface area contributed by atoms with E-state index in [1.54, 1.807) is 19.1 Å². The Morgan fingerprint density at radius 2 is 1.94 bits per heavy atom. The van der Waals surface area contributed by atoms with Crippen LogP contribution in [-0.4, -0.2) is 58.9 Å². The Morgan fingerprint density at radius 3 is 2.61 bits per heavy atom. The minimum Gasteiger partial charge on any atom is -0.351 e. The number of allylic oxidation sites excluding steroid dienone is 1. The highest BCUT2D eigenvalue weighted by Crippen LogP contribution is 2.38. The summed E-state index contributed by atoms with van der Waals surface area (Å²) in [6.45, 7) is 8.37. The largest absolute Gasteiger partial charge is 0.351 e. The van der Waals surface area contributed by atoms with Gasteiger partial charge < -0.3 is 14.8 Å². The molecule has 0 spiro atoms. The average molecular weight is 511 g/mol. The van der Waals surface area contributed by atoms with Crippen LogP contribution in [0.3, 0.4) is 0 Å². The molecule has 2 aliphatic heterocycles. The highest BCUT2D eigenvalue weighted by Gasteiger charge is 2.35. The predicted molar refractivity (Wildman–Crippen MR) is 144 cm³/mol. The van der Waals surface area contributed by atoms with Crippen molar-refractivity contribution in [3.8, 4) is 0 Å². The third-order valence-electron chi connectivity index (χ3n) is 8.15. The van der Waals surface area contributed by atoms with Gasteiger partial charge in [-0.3, -0.25) is 9.59 Å². The average Bonchev–Trinajstić information content (AvgIpc) is 3.66. The first-order chi connectivity index (χ1) is 17.3. The molecule has 1 aromatic heterocycles. The highest BCUT2D eigenvalue weighted by molar-refractivity contribution is 8.02. The Kier molecular flexibility index (Phi) is 7.10. The zero-order valence-electron chi connectivity index (χ0n) is 21.5. The summed E-state index contributed by atoms with van der Waals surface area (Å²) in [5, 5.41) is 3.73. The molecular formula is C28H35FN4O2S. The maximum atomic E-state index is 14.4. The zero-order chi connectivity index (χ0) is 25.6. The van der Waals surface area contributed by atoms with Crippen molar-refractivity contribution >= 4 is 40.2 Å². The van der Waals surface area contributed by atoms with E-state index in [9.17, 15) is 14.0 Å². The maximum absolute atomic E-state index is 14.4. The second-order valence-electron chi connectivity index (χ2n) is 10.4. The number of hydrogen-bond donors (Lipinski definition) is 1. The fourth-order valence-electron chi connectivity index (χ4n) is 6.02. The summed E-state index contributed by atoms with van der Waals surface area (Å²) in [7, 11) is 0.